The van der Waals surface area contributed by atoms with E-state index in [1.54, 1.807) is 0 Å². The number of anilines is 1. The molecule has 2 aromatic heterocycles. The van der Waals surface area contributed by atoms with Crippen LogP contribution in [0.3, 0.4) is 0 Å². The number of hydrogen-bond donors (Lipinski definition) is 2. The van der Waals surface area contributed by atoms with Crippen LogP contribution < -0.4 is 19.7 Å². The number of nitrogens with zero attached hydrogens (tertiary/aromatic N) is 5. The van der Waals surface area contributed by atoms with Gasteiger partial charge in [0.1, 0.15) is 46.8 Å². The van der Waals surface area contributed by atoms with Crippen molar-refractivity contribution in [3.05, 3.63) is 41.5 Å². The van der Waals surface area contributed by atoms with E-state index in [1.807, 2.05) is 9.80 Å². The number of fused-ring (bicyclic) bond motifs is 5. The van der Waals surface area contributed by atoms with Crippen molar-refractivity contribution in [2.24, 2.45) is 0 Å². The summed E-state index contributed by atoms with van der Waals surface area (Å²) >= 11 is 0. The van der Waals surface area contributed by atoms with E-state index in [2.05, 4.69) is 26.2 Å². The Morgan fingerprint density at radius 1 is 1.10 bits per heavy atom. The highest BCUT2D eigenvalue weighted by atomic mass is 19.4. The molecule has 8 rings (SSSR count). The molecule has 51 heavy (non-hydrogen) atoms. The molecule has 5 atom stereocenters. The zero-order chi connectivity index (χ0) is 35.8. The van der Waals surface area contributed by atoms with Crippen LogP contribution in [-0.4, -0.2) is 93.8 Å². The Morgan fingerprint density at radius 2 is 1.86 bits per heavy atom. The molecule has 15 heteroatoms. The van der Waals surface area contributed by atoms with E-state index in [1.165, 1.54) is 12.1 Å². The lowest BCUT2D eigenvalue weighted by molar-refractivity contribution is -0.189. The Kier molecular flexibility index (Phi) is 8.10. The average molecular weight is 713 g/mol. The number of benzene rings is 2. The first-order valence-corrected chi connectivity index (χ1v) is 16.9. The molecule has 2 bridgehead atoms. The number of nitrogens with one attached hydrogen (secondary N) is 1. The minimum absolute atomic E-state index is 0.00254. The summed E-state index contributed by atoms with van der Waals surface area (Å²) in [7, 11) is 0. The Bertz CT molecular complexity index is 2080. The predicted molar refractivity (Wildman–Crippen MR) is 177 cm³/mol. The average Bonchev–Trinajstić information content (AvgIpc) is 3.74. The van der Waals surface area contributed by atoms with Crippen LogP contribution >= 0.6 is 0 Å². The van der Waals surface area contributed by atoms with E-state index in [0.29, 0.717) is 26.1 Å². The number of aromatic nitrogens is 3. The maximum absolute atomic E-state index is 17.2. The lowest BCUT2D eigenvalue weighted by Gasteiger charge is -2.35. The van der Waals surface area contributed by atoms with Gasteiger partial charge in [-0.2, -0.15) is 23.1 Å². The zero-order valence-corrected chi connectivity index (χ0v) is 27.5. The minimum atomic E-state index is -4.83. The van der Waals surface area contributed by atoms with Gasteiger partial charge in [-0.1, -0.05) is 12.0 Å². The van der Waals surface area contributed by atoms with Crippen molar-refractivity contribution in [1.82, 2.24) is 25.2 Å². The third-order valence-electron chi connectivity index (χ3n) is 10.7. The fraction of sp³-hybridized carbons (Fsp3) is 0.472. The van der Waals surface area contributed by atoms with E-state index in [-0.39, 0.29) is 76.5 Å². The first-order chi connectivity index (χ1) is 24.3. The van der Waals surface area contributed by atoms with E-state index >= 15 is 8.78 Å². The van der Waals surface area contributed by atoms with Gasteiger partial charge in [-0.15, -0.1) is 6.42 Å². The SMILES string of the molecule is C#Cc1c(F)ccc2cc(O)cc(-c3nc(OC(C)C(F)(F)F)c4c(N5CC6CCC(C5)N6)nc(OC[C@@]56CCCN5C[C@H](F)C6)nc4c3F)c12. The van der Waals surface area contributed by atoms with Crippen molar-refractivity contribution < 1.29 is 40.9 Å². The van der Waals surface area contributed by atoms with Gasteiger partial charge < -0.3 is 24.8 Å². The quantitative estimate of drug-likeness (QED) is 0.176. The maximum Gasteiger partial charge on any atom is 0.425 e. The van der Waals surface area contributed by atoms with Crippen LogP contribution in [0.15, 0.2) is 24.3 Å². The van der Waals surface area contributed by atoms with Crippen LogP contribution in [0, 0.1) is 24.0 Å². The third kappa shape index (κ3) is 5.82. The molecular weight excluding hydrogens is 678 g/mol. The number of halogens is 6. The van der Waals surface area contributed by atoms with Gasteiger partial charge in [-0.25, -0.2) is 18.2 Å². The van der Waals surface area contributed by atoms with Crippen LogP contribution in [0.5, 0.6) is 17.6 Å². The highest BCUT2D eigenvalue weighted by Gasteiger charge is 2.49. The molecule has 0 radical (unpaired) electrons. The number of alkyl halides is 4. The Balaban J connectivity index is 1.36. The van der Waals surface area contributed by atoms with E-state index in [9.17, 15) is 22.7 Å². The number of piperazine rings is 1. The van der Waals surface area contributed by atoms with Crippen LogP contribution in [0.1, 0.15) is 44.6 Å². The number of rotatable bonds is 7. The summed E-state index contributed by atoms with van der Waals surface area (Å²) in [5.74, 6) is -0.561. The summed E-state index contributed by atoms with van der Waals surface area (Å²) in [5.41, 5.74) is -2.09. The normalized spacial score (nSPS) is 25.4. The van der Waals surface area contributed by atoms with E-state index in [0.717, 1.165) is 38.3 Å². The van der Waals surface area contributed by atoms with Gasteiger partial charge >= 0.3 is 12.2 Å². The molecule has 0 aliphatic carbocycles. The van der Waals surface area contributed by atoms with Crippen LogP contribution in [0.25, 0.3) is 32.9 Å². The van der Waals surface area contributed by atoms with Gasteiger partial charge in [0.05, 0.1) is 11.1 Å². The molecule has 4 fully saturated rings. The van der Waals surface area contributed by atoms with Crippen molar-refractivity contribution in [1.29, 1.82) is 0 Å². The second-order valence-electron chi connectivity index (χ2n) is 14.0. The van der Waals surface area contributed by atoms with Crippen molar-refractivity contribution in [3.63, 3.8) is 0 Å². The first kappa shape index (κ1) is 33.6. The monoisotopic (exact) mass is 712 g/mol. The second kappa shape index (κ2) is 12.3. The smallest absolute Gasteiger partial charge is 0.425 e. The van der Waals surface area contributed by atoms with Crippen molar-refractivity contribution in [2.75, 3.05) is 37.7 Å². The van der Waals surface area contributed by atoms with E-state index in [4.69, 9.17) is 15.9 Å². The second-order valence-corrected chi connectivity index (χ2v) is 14.0. The van der Waals surface area contributed by atoms with Gasteiger partial charge in [-0.05, 0) is 62.7 Å². The Morgan fingerprint density at radius 3 is 2.59 bits per heavy atom. The van der Waals surface area contributed by atoms with Crippen molar-refractivity contribution in [3.8, 4) is 41.2 Å². The molecule has 4 saturated heterocycles. The largest absolute Gasteiger partial charge is 0.508 e. The lowest BCUT2D eigenvalue weighted by atomic mass is 9.95. The topological polar surface area (TPSA) is 95.9 Å². The summed E-state index contributed by atoms with van der Waals surface area (Å²) < 4.78 is 101. The Labute approximate surface area is 289 Å². The first-order valence-electron chi connectivity index (χ1n) is 16.9. The van der Waals surface area contributed by atoms with E-state index < -0.39 is 52.7 Å². The number of terminal acetylenes is 1. The van der Waals surface area contributed by atoms with Crippen molar-refractivity contribution >= 4 is 27.5 Å². The molecule has 4 aliphatic heterocycles. The molecule has 0 spiro atoms. The van der Waals surface area contributed by atoms with Gasteiger partial charge in [0.25, 0.3) is 0 Å². The Hall–Kier alpha value is -4.55. The maximum atomic E-state index is 17.2. The zero-order valence-electron chi connectivity index (χ0n) is 27.5. The predicted octanol–water partition coefficient (Wildman–Crippen LogP) is 6.04. The summed E-state index contributed by atoms with van der Waals surface area (Å²) in [6, 6.07) is 4.67. The van der Waals surface area contributed by atoms with Gasteiger partial charge in [0.2, 0.25) is 5.88 Å². The summed E-state index contributed by atoms with van der Waals surface area (Å²) in [6.45, 7) is 2.60. The standard InChI is InChI=1S/C36H34F6N6O3/c1-3-24-26(38)8-5-19-11-23(49)12-25(27(19)24)30-29(39)31-28(33(44-30)51-18(2)36(40,41)42)32(47-15-21-6-7-22(16-47)43-21)46-34(45-31)50-17-35-9-4-10-48(35)14-20(37)13-35/h1,5,8,11-12,18,20-22,43,49H,4,6-7,9-10,13-17H2,2H3/t18?,20-,21?,22?,35+/m1/s1. The molecule has 4 aromatic rings. The highest BCUT2D eigenvalue weighted by Crippen LogP contribution is 2.44. The molecule has 9 nitrogen and oxygen atoms in total. The van der Waals surface area contributed by atoms with Gasteiger partial charge in [-0.3, -0.25) is 4.90 Å². The minimum Gasteiger partial charge on any atom is -0.508 e. The molecule has 0 saturated carbocycles. The molecule has 268 valence electrons. The fourth-order valence-electron chi connectivity index (χ4n) is 8.26. The summed E-state index contributed by atoms with van der Waals surface area (Å²) in [5, 5.41) is 14.2. The number of ether oxygens (including phenoxy) is 2. The number of phenolic OH excluding ortho intramolecular Hbond substituents is 1. The number of hydrogen-bond acceptors (Lipinski definition) is 9. The number of aromatic hydroxyl groups is 1. The fourth-order valence-corrected chi connectivity index (χ4v) is 8.26. The molecule has 0 amide bonds. The van der Waals surface area contributed by atoms with Crippen LogP contribution in [0.4, 0.5) is 32.2 Å². The molecular formula is C36H34F6N6O3. The molecule has 2 N–H and O–H groups in total. The summed E-state index contributed by atoms with van der Waals surface area (Å²) in [6.07, 6.45) is 0.916. The molecule has 3 unspecified atom stereocenters. The van der Waals surface area contributed by atoms with Crippen LogP contribution in [0.2, 0.25) is 0 Å². The molecule has 4 aliphatic rings. The van der Waals surface area contributed by atoms with Crippen LogP contribution in [-0.2, 0) is 0 Å². The third-order valence-corrected chi connectivity index (χ3v) is 10.7. The van der Waals surface area contributed by atoms with Gasteiger partial charge in [0.15, 0.2) is 11.9 Å². The van der Waals surface area contributed by atoms with Gasteiger partial charge in [0, 0.05) is 49.1 Å². The number of pyridine rings is 1. The van der Waals surface area contributed by atoms with Crippen molar-refractivity contribution in [2.45, 2.75) is 75.1 Å². The molecule has 6 heterocycles. The number of phenols is 1. The molecule has 2 aromatic carbocycles. The highest BCUT2D eigenvalue weighted by molar-refractivity contribution is 6.04. The lowest BCUT2D eigenvalue weighted by Crippen LogP contribution is -2.51. The summed E-state index contributed by atoms with van der Waals surface area (Å²) in [4.78, 5) is 17.3.